The van der Waals surface area contributed by atoms with Crippen molar-refractivity contribution in [2.24, 2.45) is 0 Å². The van der Waals surface area contributed by atoms with Crippen LogP contribution in [0.3, 0.4) is 0 Å². The lowest BCUT2D eigenvalue weighted by Crippen LogP contribution is -2.31. The molecule has 7 nitrogen and oxygen atoms in total. The lowest BCUT2D eigenvalue weighted by Gasteiger charge is -2.34. The molecule has 0 spiro atoms. The summed E-state index contributed by atoms with van der Waals surface area (Å²) in [4.78, 5) is 27.0. The number of rotatable bonds is 3. The minimum Gasteiger partial charge on any atom is -0.504 e. The molecule has 1 aromatic carbocycles. The minimum atomic E-state index is -0.664. The van der Waals surface area contributed by atoms with Gasteiger partial charge in [-0.2, -0.15) is 0 Å². The average molecular weight is 409 g/mol. The second kappa shape index (κ2) is 6.66. The van der Waals surface area contributed by atoms with Crippen molar-refractivity contribution >= 4 is 22.9 Å². The Balaban J connectivity index is 1.69. The Morgan fingerprint density at radius 2 is 2.00 bits per heavy atom. The highest BCUT2D eigenvalue weighted by molar-refractivity contribution is 7.10. The van der Waals surface area contributed by atoms with Gasteiger partial charge < -0.3 is 15.2 Å². The molecule has 2 aromatic heterocycles. The number of carbonyl (C=O) groups excluding carboxylic acids is 1. The van der Waals surface area contributed by atoms with Crippen molar-refractivity contribution in [2.45, 2.75) is 24.7 Å². The summed E-state index contributed by atoms with van der Waals surface area (Å²) in [6, 6.07) is 9.16. The highest BCUT2D eigenvalue weighted by Crippen LogP contribution is 2.49. The molecule has 5 rings (SSSR count). The highest BCUT2D eigenvalue weighted by Gasteiger charge is 2.41. The first-order valence-corrected chi connectivity index (χ1v) is 10.2. The van der Waals surface area contributed by atoms with Crippen LogP contribution in [0, 0.1) is 0 Å². The topological polar surface area (TPSA) is 107 Å². The van der Waals surface area contributed by atoms with Crippen molar-refractivity contribution in [1.82, 2.24) is 10.2 Å². The molecule has 0 saturated heterocycles. The fourth-order valence-electron chi connectivity index (χ4n) is 4.39. The number of carbonyl (C=O) groups is 1. The van der Waals surface area contributed by atoms with Crippen LogP contribution < -0.4 is 15.6 Å². The van der Waals surface area contributed by atoms with E-state index in [2.05, 4.69) is 15.5 Å². The van der Waals surface area contributed by atoms with Gasteiger partial charge in [-0.3, -0.25) is 19.8 Å². The number of para-hydroxylation sites is 1. The molecule has 2 atom stereocenters. The number of thiophene rings is 1. The number of phenols is 1. The van der Waals surface area contributed by atoms with Crippen LogP contribution >= 0.6 is 11.3 Å². The zero-order valence-electron chi connectivity index (χ0n) is 15.6. The molecule has 0 fully saturated rings. The molecule has 0 bridgehead atoms. The number of nitrogens with one attached hydrogen (secondary N) is 3. The summed E-state index contributed by atoms with van der Waals surface area (Å²) in [5.74, 6) is 0.185. The van der Waals surface area contributed by atoms with E-state index in [4.69, 9.17) is 4.74 Å². The maximum absolute atomic E-state index is 13.3. The molecule has 8 heteroatoms. The Morgan fingerprint density at radius 1 is 1.14 bits per heavy atom. The van der Waals surface area contributed by atoms with Gasteiger partial charge in [-0.15, -0.1) is 11.3 Å². The Morgan fingerprint density at radius 3 is 2.76 bits per heavy atom. The molecular formula is C21H19N3O4S. The largest absolute Gasteiger partial charge is 0.504 e. The van der Waals surface area contributed by atoms with Crippen molar-refractivity contribution in [1.29, 1.82) is 0 Å². The van der Waals surface area contributed by atoms with Gasteiger partial charge in [0.05, 0.1) is 18.6 Å². The number of fused-ring (bicyclic) bond motifs is 1. The summed E-state index contributed by atoms with van der Waals surface area (Å²) in [6.45, 7) is 0. The van der Waals surface area contributed by atoms with Crippen LogP contribution in [-0.2, 0) is 4.79 Å². The zero-order chi connectivity index (χ0) is 20.1. The van der Waals surface area contributed by atoms with Gasteiger partial charge in [0.25, 0.3) is 5.56 Å². The van der Waals surface area contributed by atoms with Crippen molar-refractivity contribution in [3.05, 3.63) is 73.3 Å². The maximum atomic E-state index is 13.3. The predicted octanol–water partition coefficient (Wildman–Crippen LogP) is 3.44. The first-order chi connectivity index (χ1) is 14.1. The van der Waals surface area contributed by atoms with Gasteiger partial charge in [-0.25, -0.2) is 0 Å². The van der Waals surface area contributed by atoms with Gasteiger partial charge in [0.2, 0.25) is 0 Å². The molecule has 3 aromatic rings. The first-order valence-electron chi connectivity index (χ1n) is 9.31. The quantitative estimate of drug-likeness (QED) is 0.530. The average Bonchev–Trinajstić information content (AvgIpc) is 3.37. The summed E-state index contributed by atoms with van der Waals surface area (Å²) in [5, 5.41) is 21.5. The van der Waals surface area contributed by atoms with E-state index in [1.54, 1.807) is 29.5 Å². The molecule has 0 radical (unpaired) electrons. The van der Waals surface area contributed by atoms with Crippen molar-refractivity contribution < 1.29 is 14.6 Å². The van der Waals surface area contributed by atoms with E-state index in [-0.39, 0.29) is 23.0 Å². The van der Waals surface area contributed by atoms with Crippen LogP contribution in [0.1, 0.15) is 40.7 Å². The Kier molecular flexibility index (Phi) is 4.09. The lowest BCUT2D eigenvalue weighted by molar-refractivity contribution is -0.116. The third kappa shape index (κ3) is 2.71. The molecule has 0 amide bonds. The number of ether oxygens (including phenoxy) is 1. The van der Waals surface area contributed by atoms with Gasteiger partial charge >= 0.3 is 0 Å². The first kappa shape index (κ1) is 17.8. The second-order valence-corrected chi connectivity index (χ2v) is 8.24. The molecule has 148 valence electrons. The summed E-state index contributed by atoms with van der Waals surface area (Å²) >= 11 is 1.64. The fourth-order valence-corrected chi connectivity index (χ4v) is 5.22. The number of methoxy groups -OCH3 is 1. The van der Waals surface area contributed by atoms with Gasteiger partial charge in [0.15, 0.2) is 17.3 Å². The molecule has 2 aliphatic rings. The predicted molar refractivity (Wildman–Crippen MR) is 110 cm³/mol. The number of H-pyrrole nitrogens is 2. The number of aromatic amines is 2. The second-order valence-electron chi connectivity index (χ2n) is 7.26. The third-order valence-corrected chi connectivity index (χ3v) is 6.72. The van der Waals surface area contributed by atoms with Crippen LogP contribution in [-0.4, -0.2) is 28.2 Å². The highest BCUT2D eigenvalue weighted by atomic mass is 32.1. The molecule has 0 saturated carbocycles. The SMILES string of the molecule is COc1cccc([C@H]2C3=C(C[C@H](c4cccs4)CC3=O)Nc3[nH][nH]c(=O)c32)c1O. The van der Waals surface area contributed by atoms with E-state index in [0.717, 1.165) is 5.70 Å². The number of phenolic OH excluding ortho intramolecular Hbond substituents is 1. The van der Waals surface area contributed by atoms with Gasteiger partial charge in [-0.05, 0) is 23.9 Å². The summed E-state index contributed by atoms with van der Waals surface area (Å²) in [5.41, 5.74) is 1.89. The number of aromatic nitrogens is 2. The van der Waals surface area contributed by atoms with E-state index in [1.807, 2.05) is 17.5 Å². The summed E-state index contributed by atoms with van der Waals surface area (Å²) in [7, 11) is 1.47. The summed E-state index contributed by atoms with van der Waals surface area (Å²) < 4.78 is 5.25. The van der Waals surface area contributed by atoms with E-state index >= 15 is 0 Å². The van der Waals surface area contributed by atoms with Crippen molar-refractivity contribution in [3.63, 3.8) is 0 Å². The fraction of sp³-hybridized carbons (Fsp3) is 0.238. The van der Waals surface area contributed by atoms with Crippen LogP contribution in [0.5, 0.6) is 11.5 Å². The number of allylic oxidation sites excluding steroid dienone is 2. The molecular weight excluding hydrogens is 390 g/mol. The molecule has 3 heterocycles. The number of aromatic hydroxyl groups is 1. The summed E-state index contributed by atoms with van der Waals surface area (Å²) in [6.07, 6.45) is 1.04. The van der Waals surface area contributed by atoms with Crippen LogP contribution in [0.2, 0.25) is 0 Å². The number of Topliss-reactive ketones (excluding diaryl/α,β-unsaturated/α-hetero) is 1. The number of ketones is 1. The molecule has 1 aliphatic heterocycles. The molecule has 1 aliphatic carbocycles. The number of hydrogen-bond donors (Lipinski definition) is 4. The van der Waals surface area contributed by atoms with E-state index in [1.165, 1.54) is 12.0 Å². The lowest BCUT2D eigenvalue weighted by atomic mass is 9.73. The monoisotopic (exact) mass is 409 g/mol. The molecule has 29 heavy (non-hydrogen) atoms. The Hall–Kier alpha value is -3.26. The Labute approximate surface area is 170 Å². The van der Waals surface area contributed by atoms with E-state index < -0.39 is 5.92 Å². The van der Waals surface area contributed by atoms with Gasteiger partial charge in [0.1, 0.15) is 5.82 Å². The third-order valence-electron chi connectivity index (χ3n) is 5.68. The smallest absolute Gasteiger partial charge is 0.270 e. The van der Waals surface area contributed by atoms with E-state index in [0.29, 0.717) is 41.1 Å². The standard InChI is InChI=1S/C21H19N3O4S/c1-28-14-5-2-4-11(19(14)26)16-17-12(22-20-18(16)21(27)24-23-20)8-10(9-13(17)25)15-6-3-7-29-15/h2-7,10,16,26H,8-9H2,1H3,(H3,22,23,24,27)/t10-,16-/m0/s1. The van der Waals surface area contributed by atoms with Crippen LogP contribution in [0.25, 0.3) is 0 Å². The molecule has 0 unspecified atom stereocenters. The van der Waals surface area contributed by atoms with Crippen molar-refractivity contribution in [3.8, 4) is 11.5 Å². The normalized spacial score (nSPS) is 20.8. The number of anilines is 1. The number of hydrogen-bond acceptors (Lipinski definition) is 6. The van der Waals surface area contributed by atoms with Crippen LogP contribution in [0.4, 0.5) is 5.82 Å². The Bertz CT molecular complexity index is 1190. The zero-order valence-corrected chi connectivity index (χ0v) is 16.4. The van der Waals surface area contributed by atoms with Crippen molar-refractivity contribution in [2.75, 3.05) is 12.4 Å². The maximum Gasteiger partial charge on any atom is 0.270 e. The van der Waals surface area contributed by atoms with Gasteiger partial charge in [0, 0.05) is 34.0 Å². The number of benzene rings is 1. The minimum absolute atomic E-state index is 0.0179. The molecule has 4 N–H and O–H groups in total. The van der Waals surface area contributed by atoms with Crippen LogP contribution in [0.15, 0.2) is 51.8 Å². The van der Waals surface area contributed by atoms with E-state index in [9.17, 15) is 14.7 Å². The van der Waals surface area contributed by atoms with Gasteiger partial charge in [-0.1, -0.05) is 18.2 Å².